The number of halogens is 3. The highest BCUT2D eigenvalue weighted by atomic mass is 79.9. The Labute approximate surface area is 139 Å². The fraction of sp³-hybridized carbons (Fsp3) is 0.0714. The van der Waals surface area contributed by atoms with Gasteiger partial charge in [0.1, 0.15) is 0 Å². The maximum atomic E-state index is 11.8. The van der Waals surface area contributed by atoms with Gasteiger partial charge in [0.2, 0.25) is 5.91 Å². The lowest BCUT2D eigenvalue weighted by molar-refractivity contribution is -0.114. The molecule has 6 heteroatoms. The number of carbonyl (C=O) groups is 1. The first-order valence-electron chi connectivity index (χ1n) is 5.79. The van der Waals surface area contributed by atoms with Gasteiger partial charge in [0.15, 0.2) is 0 Å². The highest BCUT2D eigenvalue weighted by Crippen LogP contribution is 2.29. The molecule has 0 fully saturated rings. The van der Waals surface area contributed by atoms with E-state index in [1.165, 1.54) is 0 Å². The number of nitrogens with one attached hydrogen (secondary N) is 2. The molecule has 0 atom stereocenters. The summed E-state index contributed by atoms with van der Waals surface area (Å²) in [4.78, 5) is 11.8. The minimum atomic E-state index is -0.126. The summed E-state index contributed by atoms with van der Waals surface area (Å²) in [6.07, 6.45) is 0. The summed E-state index contributed by atoms with van der Waals surface area (Å²) in [5.41, 5.74) is 1.54. The molecule has 2 aromatic rings. The number of carbonyl (C=O) groups excluding carboxylic acids is 1. The minimum absolute atomic E-state index is 0.126. The van der Waals surface area contributed by atoms with Gasteiger partial charge in [0.05, 0.1) is 21.7 Å². The van der Waals surface area contributed by atoms with E-state index in [1.54, 1.807) is 6.07 Å². The van der Waals surface area contributed by atoms with Gasteiger partial charge in [-0.25, -0.2) is 0 Å². The van der Waals surface area contributed by atoms with Crippen molar-refractivity contribution in [2.24, 2.45) is 0 Å². The van der Waals surface area contributed by atoms with Gasteiger partial charge in [0.25, 0.3) is 0 Å². The molecule has 0 spiro atoms. The highest BCUT2D eigenvalue weighted by molar-refractivity contribution is 9.11. The van der Waals surface area contributed by atoms with Gasteiger partial charge in [-0.3, -0.25) is 4.79 Å². The van der Waals surface area contributed by atoms with Crippen LogP contribution in [0.25, 0.3) is 0 Å². The second-order valence-corrected chi connectivity index (χ2v) is 6.13. The van der Waals surface area contributed by atoms with Crippen molar-refractivity contribution in [1.29, 1.82) is 0 Å². The summed E-state index contributed by atoms with van der Waals surface area (Å²) >= 11 is 12.7. The fourth-order valence-electron chi connectivity index (χ4n) is 1.55. The SMILES string of the molecule is O=C(CNc1cccc(Cl)c1Br)Nc1ccc(Br)cc1. The van der Waals surface area contributed by atoms with Crippen LogP contribution in [0.15, 0.2) is 51.4 Å². The molecule has 0 aliphatic heterocycles. The molecule has 2 aromatic carbocycles. The number of benzene rings is 2. The third-order valence-electron chi connectivity index (χ3n) is 2.52. The molecular weight excluding hydrogens is 407 g/mol. The Balaban J connectivity index is 1.92. The predicted molar refractivity (Wildman–Crippen MR) is 90.4 cm³/mol. The molecule has 0 radical (unpaired) electrons. The monoisotopic (exact) mass is 416 g/mol. The summed E-state index contributed by atoms with van der Waals surface area (Å²) in [5.74, 6) is -0.126. The molecule has 0 unspecified atom stereocenters. The molecule has 0 saturated heterocycles. The number of anilines is 2. The van der Waals surface area contributed by atoms with Crippen molar-refractivity contribution in [3.8, 4) is 0 Å². The van der Waals surface area contributed by atoms with E-state index >= 15 is 0 Å². The Hall–Kier alpha value is -1.04. The van der Waals surface area contributed by atoms with Gasteiger partial charge in [-0.2, -0.15) is 0 Å². The zero-order valence-corrected chi connectivity index (χ0v) is 14.2. The van der Waals surface area contributed by atoms with E-state index in [4.69, 9.17) is 11.6 Å². The second-order valence-electron chi connectivity index (χ2n) is 4.01. The van der Waals surface area contributed by atoms with Crippen molar-refractivity contribution in [2.75, 3.05) is 17.2 Å². The molecule has 2 rings (SSSR count). The predicted octanol–water partition coefficient (Wildman–Crippen LogP) is 4.92. The number of amides is 1. The maximum Gasteiger partial charge on any atom is 0.243 e. The Bertz CT molecular complexity index is 617. The summed E-state index contributed by atoms with van der Waals surface area (Å²) in [7, 11) is 0. The Morgan fingerprint density at radius 1 is 1.10 bits per heavy atom. The largest absolute Gasteiger partial charge is 0.375 e. The van der Waals surface area contributed by atoms with Gasteiger partial charge < -0.3 is 10.6 Å². The van der Waals surface area contributed by atoms with Crippen molar-refractivity contribution >= 4 is 60.7 Å². The van der Waals surface area contributed by atoms with E-state index in [2.05, 4.69) is 42.5 Å². The standard InChI is InChI=1S/C14H11Br2ClN2O/c15-9-4-6-10(7-5-9)19-13(20)8-18-12-3-1-2-11(17)14(12)16/h1-7,18H,8H2,(H,19,20). The normalized spacial score (nSPS) is 10.2. The van der Waals surface area contributed by atoms with Crippen molar-refractivity contribution in [1.82, 2.24) is 0 Å². The van der Waals surface area contributed by atoms with Crippen molar-refractivity contribution in [3.63, 3.8) is 0 Å². The highest BCUT2D eigenvalue weighted by Gasteiger charge is 2.06. The first-order valence-corrected chi connectivity index (χ1v) is 7.76. The molecule has 1 amide bonds. The molecule has 0 aliphatic rings. The first kappa shape index (κ1) is 15.4. The number of hydrogen-bond acceptors (Lipinski definition) is 2. The Morgan fingerprint density at radius 2 is 1.80 bits per heavy atom. The minimum Gasteiger partial charge on any atom is -0.375 e. The average molecular weight is 419 g/mol. The summed E-state index contributed by atoms with van der Waals surface area (Å²) in [6.45, 7) is 0.162. The second kappa shape index (κ2) is 7.11. The van der Waals surface area contributed by atoms with E-state index in [0.29, 0.717) is 5.02 Å². The van der Waals surface area contributed by atoms with Crippen LogP contribution in [0.1, 0.15) is 0 Å². The van der Waals surface area contributed by atoms with Crippen LogP contribution >= 0.6 is 43.5 Å². The number of hydrogen-bond donors (Lipinski definition) is 2. The van der Waals surface area contributed by atoms with Crippen LogP contribution in [0.5, 0.6) is 0 Å². The lowest BCUT2D eigenvalue weighted by Gasteiger charge is -2.10. The average Bonchev–Trinajstić information content (AvgIpc) is 2.43. The van der Waals surface area contributed by atoms with E-state index in [9.17, 15) is 4.79 Å². The molecule has 20 heavy (non-hydrogen) atoms. The molecule has 0 bridgehead atoms. The van der Waals surface area contributed by atoms with Crippen LogP contribution in [0.4, 0.5) is 11.4 Å². The van der Waals surface area contributed by atoms with Crippen molar-refractivity contribution < 1.29 is 4.79 Å². The third kappa shape index (κ3) is 4.23. The zero-order valence-electron chi connectivity index (χ0n) is 10.3. The number of rotatable bonds is 4. The van der Waals surface area contributed by atoms with E-state index in [0.717, 1.165) is 20.3 Å². The zero-order chi connectivity index (χ0) is 14.5. The smallest absolute Gasteiger partial charge is 0.243 e. The fourth-order valence-corrected chi connectivity index (χ4v) is 2.40. The van der Waals surface area contributed by atoms with Crippen LogP contribution in [0, 0.1) is 0 Å². The van der Waals surface area contributed by atoms with Crippen molar-refractivity contribution in [2.45, 2.75) is 0 Å². The van der Waals surface area contributed by atoms with Gasteiger partial charge in [-0.05, 0) is 52.3 Å². The quantitative estimate of drug-likeness (QED) is 0.740. The van der Waals surface area contributed by atoms with Crippen LogP contribution in [0.3, 0.4) is 0 Å². The van der Waals surface area contributed by atoms with Crippen LogP contribution in [-0.2, 0) is 4.79 Å². The van der Waals surface area contributed by atoms with Crippen LogP contribution in [0.2, 0.25) is 5.02 Å². The van der Waals surface area contributed by atoms with E-state index in [-0.39, 0.29) is 12.5 Å². The molecular formula is C14H11Br2ClN2O. The Morgan fingerprint density at radius 3 is 2.50 bits per heavy atom. The molecule has 2 N–H and O–H groups in total. The topological polar surface area (TPSA) is 41.1 Å². The lowest BCUT2D eigenvalue weighted by atomic mass is 10.3. The van der Waals surface area contributed by atoms with Crippen LogP contribution < -0.4 is 10.6 Å². The molecule has 0 aliphatic carbocycles. The molecule has 0 saturated carbocycles. The summed E-state index contributed by atoms with van der Waals surface area (Å²) in [5, 5.41) is 6.44. The molecule has 3 nitrogen and oxygen atoms in total. The van der Waals surface area contributed by atoms with Gasteiger partial charge in [-0.1, -0.05) is 33.6 Å². The van der Waals surface area contributed by atoms with Crippen molar-refractivity contribution in [3.05, 3.63) is 56.4 Å². The first-order chi connectivity index (χ1) is 9.56. The van der Waals surface area contributed by atoms with Gasteiger partial charge in [-0.15, -0.1) is 0 Å². The van der Waals surface area contributed by atoms with E-state index < -0.39 is 0 Å². The summed E-state index contributed by atoms with van der Waals surface area (Å²) < 4.78 is 1.72. The summed E-state index contributed by atoms with van der Waals surface area (Å²) in [6, 6.07) is 12.9. The third-order valence-corrected chi connectivity index (χ3v) is 4.45. The Kier molecular flexibility index (Phi) is 5.46. The molecule has 0 aromatic heterocycles. The van der Waals surface area contributed by atoms with Gasteiger partial charge >= 0.3 is 0 Å². The van der Waals surface area contributed by atoms with Crippen LogP contribution in [-0.4, -0.2) is 12.5 Å². The molecule has 0 heterocycles. The van der Waals surface area contributed by atoms with E-state index in [1.807, 2.05) is 36.4 Å². The van der Waals surface area contributed by atoms with Gasteiger partial charge in [0, 0.05) is 10.2 Å². The lowest BCUT2D eigenvalue weighted by Crippen LogP contribution is -2.21. The maximum absolute atomic E-state index is 11.8. The molecule has 104 valence electrons.